The van der Waals surface area contributed by atoms with Crippen LogP contribution in [0.1, 0.15) is 12.8 Å². The number of anilines is 1. The Morgan fingerprint density at radius 3 is 2.76 bits per heavy atom. The maximum atomic E-state index is 11.7. The van der Waals surface area contributed by atoms with Gasteiger partial charge < -0.3 is 16.0 Å². The summed E-state index contributed by atoms with van der Waals surface area (Å²) < 4.78 is 0. The number of amides is 2. The van der Waals surface area contributed by atoms with Crippen LogP contribution in [0.5, 0.6) is 0 Å². The van der Waals surface area contributed by atoms with E-state index in [1.54, 1.807) is 18.2 Å². The molecule has 0 radical (unpaired) electrons. The van der Waals surface area contributed by atoms with Crippen molar-refractivity contribution in [2.45, 2.75) is 18.9 Å². The highest BCUT2D eigenvalue weighted by molar-refractivity contribution is 6.35. The molecule has 3 N–H and O–H groups in total. The first-order chi connectivity index (χ1) is 9.56. The molecule has 2 rings (SSSR count). The summed E-state index contributed by atoms with van der Waals surface area (Å²) in [4.78, 5) is 23.5. The fourth-order valence-electron chi connectivity index (χ4n) is 1.99. The summed E-state index contributed by atoms with van der Waals surface area (Å²) in [7, 11) is 0. The molecule has 0 aromatic heterocycles. The molecule has 0 bridgehead atoms. The lowest BCUT2D eigenvalue weighted by Gasteiger charge is -2.11. The maximum Gasteiger partial charge on any atom is 0.243 e. The Kier molecular flexibility index (Phi) is 7.25. The van der Waals surface area contributed by atoms with Crippen molar-refractivity contribution in [3.8, 4) is 0 Å². The predicted octanol–water partition coefficient (Wildman–Crippen LogP) is 2.22. The number of nitrogens with one attached hydrogen (secondary N) is 3. The molecule has 5 nitrogen and oxygen atoms in total. The Morgan fingerprint density at radius 2 is 2.10 bits per heavy atom. The average molecular weight is 353 g/mol. The Morgan fingerprint density at radius 1 is 1.33 bits per heavy atom. The Hall–Kier alpha value is -1.01. The molecule has 0 spiro atoms. The number of rotatable bonds is 4. The zero-order valence-corrected chi connectivity index (χ0v) is 13.4. The molecule has 1 unspecified atom stereocenters. The van der Waals surface area contributed by atoms with Gasteiger partial charge in [-0.05, 0) is 37.6 Å². The van der Waals surface area contributed by atoms with Crippen LogP contribution in [0.25, 0.3) is 0 Å². The van der Waals surface area contributed by atoms with Gasteiger partial charge in [-0.2, -0.15) is 0 Å². The van der Waals surface area contributed by atoms with Gasteiger partial charge in [0.25, 0.3) is 0 Å². The predicted molar refractivity (Wildman–Crippen MR) is 86.4 cm³/mol. The van der Waals surface area contributed by atoms with E-state index in [0.717, 1.165) is 19.4 Å². The smallest absolute Gasteiger partial charge is 0.243 e. The monoisotopic (exact) mass is 351 g/mol. The van der Waals surface area contributed by atoms with Crippen LogP contribution in [0.3, 0.4) is 0 Å². The first-order valence-corrected chi connectivity index (χ1v) is 7.08. The van der Waals surface area contributed by atoms with Crippen LogP contribution in [0.4, 0.5) is 5.69 Å². The van der Waals surface area contributed by atoms with Crippen LogP contribution in [-0.4, -0.2) is 30.9 Å². The summed E-state index contributed by atoms with van der Waals surface area (Å²) in [6.45, 7) is 0.738. The van der Waals surface area contributed by atoms with Gasteiger partial charge in [0, 0.05) is 5.02 Å². The van der Waals surface area contributed by atoms with Crippen LogP contribution in [0.2, 0.25) is 10.0 Å². The lowest BCUT2D eigenvalue weighted by Crippen LogP contribution is -2.43. The molecule has 1 aliphatic heterocycles. The van der Waals surface area contributed by atoms with Gasteiger partial charge in [0.2, 0.25) is 11.8 Å². The van der Waals surface area contributed by atoms with Crippen molar-refractivity contribution in [2.24, 2.45) is 0 Å². The summed E-state index contributed by atoms with van der Waals surface area (Å²) in [6, 6.07) is 4.59. The van der Waals surface area contributed by atoms with Crippen molar-refractivity contribution in [2.75, 3.05) is 18.4 Å². The Labute approximate surface area is 139 Å². The lowest BCUT2D eigenvalue weighted by atomic mass is 10.2. The molecule has 1 aliphatic rings. The highest BCUT2D eigenvalue weighted by atomic mass is 35.5. The lowest BCUT2D eigenvalue weighted by molar-refractivity contribution is -0.125. The highest BCUT2D eigenvalue weighted by Gasteiger charge is 2.22. The first-order valence-electron chi connectivity index (χ1n) is 6.32. The third-order valence-electron chi connectivity index (χ3n) is 3.00. The minimum absolute atomic E-state index is 0. The summed E-state index contributed by atoms with van der Waals surface area (Å²) in [6.07, 6.45) is 1.77. The third-order valence-corrected chi connectivity index (χ3v) is 3.57. The second-order valence-corrected chi connectivity index (χ2v) is 5.38. The van der Waals surface area contributed by atoms with Gasteiger partial charge in [-0.1, -0.05) is 23.2 Å². The summed E-state index contributed by atoms with van der Waals surface area (Å²) in [5.74, 6) is -0.504. The van der Waals surface area contributed by atoms with Crippen LogP contribution in [-0.2, 0) is 9.59 Å². The second kappa shape index (κ2) is 8.44. The minimum Gasteiger partial charge on any atom is -0.346 e. The topological polar surface area (TPSA) is 70.2 Å². The molecule has 8 heteroatoms. The van der Waals surface area contributed by atoms with Crippen molar-refractivity contribution in [1.29, 1.82) is 0 Å². The summed E-state index contributed by atoms with van der Waals surface area (Å²) in [5, 5.41) is 9.13. The largest absolute Gasteiger partial charge is 0.346 e. The van der Waals surface area contributed by atoms with Crippen molar-refractivity contribution in [1.82, 2.24) is 10.6 Å². The number of carbonyl (C=O) groups is 2. The molecule has 1 fully saturated rings. The van der Waals surface area contributed by atoms with Gasteiger partial charge in [0.1, 0.15) is 0 Å². The van der Waals surface area contributed by atoms with E-state index >= 15 is 0 Å². The van der Waals surface area contributed by atoms with E-state index in [1.165, 1.54) is 0 Å². The average Bonchev–Trinajstić information content (AvgIpc) is 2.94. The van der Waals surface area contributed by atoms with E-state index in [9.17, 15) is 9.59 Å². The quantitative estimate of drug-likeness (QED) is 0.778. The maximum absolute atomic E-state index is 11.7. The molecule has 1 atom stereocenters. The van der Waals surface area contributed by atoms with E-state index in [4.69, 9.17) is 23.2 Å². The first kappa shape index (κ1) is 18.0. The number of hydrogen-bond acceptors (Lipinski definition) is 3. The summed E-state index contributed by atoms with van der Waals surface area (Å²) >= 11 is 11.8. The van der Waals surface area contributed by atoms with Gasteiger partial charge in [0.05, 0.1) is 23.3 Å². The zero-order valence-electron chi connectivity index (χ0n) is 11.1. The fraction of sp³-hybridized carbons (Fsp3) is 0.385. The molecule has 21 heavy (non-hydrogen) atoms. The van der Waals surface area contributed by atoms with E-state index < -0.39 is 0 Å². The SMILES string of the molecule is Cl.O=C(CNC(=O)C1CCCN1)Nc1cc(Cl)ccc1Cl. The molecule has 0 aliphatic carbocycles. The summed E-state index contributed by atoms with van der Waals surface area (Å²) in [5.41, 5.74) is 0.428. The number of benzene rings is 1. The van der Waals surface area contributed by atoms with Gasteiger partial charge in [-0.3, -0.25) is 9.59 Å². The van der Waals surface area contributed by atoms with Crippen LogP contribution >= 0.6 is 35.6 Å². The van der Waals surface area contributed by atoms with Crippen LogP contribution < -0.4 is 16.0 Å². The molecular formula is C13H16Cl3N3O2. The van der Waals surface area contributed by atoms with E-state index in [0.29, 0.717) is 15.7 Å². The normalized spacial score (nSPS) is 17.0. The fourth-order valence-corrected chi connectivity index (χ4v) is 2.32. The molecule has 1 saturated heterocycles. The van der Waals surface area contributed by atoms with Crippen LogP contribution in [0, 0.1) is 0 Å². The molecule has 0 saturated carbocycles. The van der Waals surface area contributed by atoms with Gasteiger partial charge in [-0.25, -0.2) is 0 Å². The highest BCUT2D eigenvalue weighted by Crippen LogP contribution is 2.25. The van der Waals surface area contributed by atoms with E-state index in [1.807, 2.05) is 0 Å². The van der Waals surface area contributed by atoms with Crippen molar-refractivity contribution >= 4 is 53.1 Å². The molecule has 2 amide bonds. The van der Waals surface area contributed by atoms with Gasteiger partial charge in [0.15, 0.2) is 0 Å². The third kappa shape index (κ3) is 5.36. The van der Waals surface area contributed by atoms with Crippen LogP contribution in [0.15, 0.2) is 18.2 Å². The Balaban J connectivity index is 0.00000220. The Bertz CT molecular complexity index is 519. The van der Waals surface area contributed by atoms with E-state index in [2.05, 4.69) is 16.0 Å². The van der Waals surface area contributed by atoms with Crippen molar-refractivity contribution in [3.63, 3.8) is 0 Å². The van der Waals surface area contributed by atoms with Gasteiger partial charge in [-0.15, -0.1) is 12.4 Å². The second-order valence-electron chi connectivity index (χ2n) is 4.54. The number of halogens is 3. The van der Waals surface area contributed by atoms with Gasteiger partial charge >= 0.3 is 0 Å². The minimum atomic E-state index is -0.347. The number of hydrogen-bond donors (Lipinski definition) is 3. The molecule has 1 aromatic carbocycles. The number of carbonyl (C=O) groups excluding carboxylic acids is 2. The van der Waals surface area contributed by atoms with E-state index in [-0.39, 0.29) is 36.8 Å². The zero-order chi connectivity index (χ0) is 14.5. The van der Waals surface area contributed by atoms with Crippen molar-refractivity contribution < 1.29 is 9.59 Å². The standard InChI is InChI=1S/C13H15Cl2N3O2.ClH/c14-8-3-4-9(15)11(6-8)18-12(19)7-17-13(20)10-2-1-5-16-10;/h3-4,6,10,16H,1-2,5,7H2,(H,17,20)(H,18,19);1H. The molecular weight excluding hydrogens is 337 g/mol. The molecule has 116 valence electrons. The van der Waals surface area contributed by atoms with Crippen molar-refractivity contribution in [3.05, 3.63) is 28.2 Å². The molecule has 1 heterocycles. The molecule has 1 aromatic rings.